The van der Waals surface area contributed by atoms with Gasteiger partial charge >= 0.3 is 0 Å². The number of hydrogen-bond donors (Lipinski definition) is 2. The van der Waals surface area contributed by atoms with Gasteiger partial charge in [-0.3, -0.25) is 0 Å². The molecule has 2 N–H and O–H groups in total. The molecule has 0 atom stereocenters. The average molecular weight is 239 g/mol. The van der Waals surface area contributed by atoms with Gasteiger partial charge in [-0.15, -0.1) is 0 Å². The predicted molar refractivity (Wildman–Crippen MR) is 55.0 cm³/mol. The van der Waals surface area contributed by atoms with Gasteiger partial charge in [-0.1, -0.05) is 12.1 Å². The zero-order chi connectivity index (χ0) is 9.42. The van der Waals surface area contributed by atoms with Crippen molar-refractivity contribution in [3.8, 4) is 11.5 Å². The monoisotopic (exact) mass is 238 g/mol. The van der Waals surface area contributed by atoms with Gasteiger partial charge in [0.1, 0.15) is 11.5 Å². The van der Waals surface area contributed by atoms with Crippen molar-refractivity contribution in [3.63, 3.8) is 0 Å². The summed E-state index contributed by atoms with van der Waals surface area (Å²) in [5.74, 6) is 0.399. The zero-order valence-corrected chi connectivity index (χ0v) is 8.25. The number of halogens is 1. The number of hydrogen-bond acceptors (Lipinski definition) is 2. The van der Waals surface area contributed by atoms with Crippen LogP contribution >= 0.6 is 15.9 Å². The van der Waals surface area contributed by atoms with Crippen molar-refractivity contribution in [3.05, 3.63) is 34.8 Å². The Labute approximate surface area is 83.6 Å². The molecule has 0 aliphatic carbocycles. The molecular formula is C10H7BrO2. The molecule has 13 heavy (non-hydrogen) atoms. The Morgan fingerprint density at radius 1 is 1.00 bits per heavy atom. The lowest BCUT2D eigenvalue weighted by Gasteiger charge is -2.02. The van der Waals surface area contributed by atoms with E-state index in [0.717, 1.165) is 10.8 Å². The summed E-state index contributed by atoms with van der Waals surface area (Å²) < 4.78 is 0.585. The van der Waals surface area contributed by atoms with Crippen LogP contribution in [-0.2, 0) is 0 Å². The van der Waals surface area contributed by atoms with Gasteiger partial charge in [0.05, 0.1) is 4.47 Å². The molecule has 0 saturated carbocycles. The van der Waals surface area contributed by atoms with Crippen LogP contribution in [0.3, 0.4) is 0 Å². The third-order valence-electron chi connectivity index (χ3n) is 1.92. The van der Waals surface area contributed by atoms with Gasteiger partial charge in [0.25, 0.3) is 0 Å². The Balaban J connectivity index is 2.89. The minimum Gasteiger partial charge on any atom is -0.507 e. The van der Waals surface area contributed by atoms with Crippen molar-refractivity contribution in [1.29, 1.82) is 0 Å². The van der Waals surface area contributed by atoms with E-state index in [1.807, 2.05) is 6.07 Å². The number of aromatic hydroxyl groups is 2. The predicted octanol–water partition coefficient (Wildman–Crippen LogP) is 3.01. The van der Waals surface area contributed by atoms with E-state index < -0.39 is 0 Å². The van der Waals surface area contributed by atoms with Crippen LogP contribution in [0.1, 0.15) is 0 Å². The summed E-state index contributed by atoms with van der Waals surface area (Å²) >= 11 is 3.19. The highest BCUT2D eigenvalue weighted by Crippen LogP contribution is 2.33. The second kappa shape index (κ2) is 2.92. The van der Waals surface area contributed by atoms with Crippen LogP contribution < -0.4 is 0 Å². The van der Waals surface area contributed by atoms with E-state index >= 15 is 0 Å². The van der Waals surface area contributed by atoms with Crippen molar-refractivity contribution >= 4 is 26.7 Å². The maximum absolute atomic E-state index is 9.48. The van der Waals surface area contributed by atoms with E-state index in [9.17, 15) is 10.2 Å². The van der Waals surface area contributed by atoms with Crippen molar-refractivity contribution in [2.24, 2.45) is 0 Å². The Hall–Kier alpha value is -1.22. The van der Waals surface area contributed by atoms with Crippen LogP contribution in [0.4, 0.5) is 0 Å². The van der Waals surface area contributed by atoms with Gasteiger partial charge in [-0.25, -0.2) is 0 Å². The van der Waals surface area contributed by atoms with Crippen LogP contribution in [0.5, 0.6) is 11.5 Å². The third-order valence-corrected chi connectivity index (χ3v) is 2.56. The van der Waals surface area contributed by atoms with Crippen LogP contribution in [0, 0.1) is 0 Å². The number of phenols is 2. The molecule has 66 valence electrons. The molecule has 0 amide bonds. The molecule has 2 aromatic rings. The van der Waals surface area contributed by atoms with Crippen molar-refractivity contribution in [2.75, 3.05) is 0 Å². The highest BCUT2D eigenvalue weighted by molar-refractivity contribution is 9.10. The summed E-state index contributed by atoms with van der Waals surface area (Å²) in [6.45, 7) is 0. The molecule has 0 unspecified atom stereocenters. The van der Waals surface area contributed by atoms with E-state index in [1.54, 1.807) is 24.3 Å². The molecule has 0 bridgehead atoms. The number of benzene rings is 2. The molecule has 2 nitrogen and oxygen atoms in total. The summed E-state index contributed by atoms with van der Waals surface area (Å²) in [5, 5.41) is 20.4. The number of rotatable bonds is 0. The average Bonchev–Trinajstić information content (AvgIpc) is 2.09. The first-order chi connectivity index (χ1) is 6.18. The van der Waals surface area contributed by atoms with E-state index in [4.69, 9.17) is 0 Å². The van der Waals surface area contributed by atoms with E-state index in [0.29, 0.717) is 4.47 Å². The molecule has 0 heterocycles. The molecular weight excluding hydrogens is 232 g/mol. The molecule has 0 fully saturated rings. The van der Waals surface area contributed by atoms with Gasteiger partial charge in [0, 0.05) is 5.39 Å². The maximum Gasteiger partial charge on any atom is 0.130 e. The first-order valence-corrected chi connectivity index (χ1v) is 4.58. The van der Waals surface area contributed by atoms with Gasteiger partial charge in [-0.2, -0.15) is 0 Å². The van der Waals surface area contributed by atoms with Gasteiger partial charge in [0.15, 0.2) is 0 Å². The highest BCUT2D eigenvalue weighted by Gasteiger charge is 2.03. The first-order valence-electron chi connectivity index (χ1n) is 3.78. The molecule has 0 aromatic heterocycles. The Morgan fingerprint density at radius 3 is 2.54 bits per heavy atom. The highest BCUT2D eigenvalue weighted by atomic mass is 79.9. The minimum atomic E-state index is 0.179. The summed E-state index contributed by atoms with van der Waals surface area (Å²) in [6, 6.07) is 8.50. The second-order valence-electron chi connectivity index (χ2n) is 2.80. The first kappa shape index (κ1) is 8.38. The maximum atomic E-state index is 9.48. The molecule has 0 spiro atoms. The topological polar surface area (TPSA) is 40.5 Å². The standard InChI is InChI=1S/C10H7BrO2/c11-8-5-7-6(4-10(8)13)2-1-3-9(7)12/h1-5,12-13H. The van der Waals surface area contributed by atoms with Crippen LogP contribution in [0.15, 0.2) is 34.8 Å². The lowest BCUT2D eigenvalue weighted by Crippen LogP contribution is -1.75. The summed E-state index contributed by atoms with van der Waals surface area (Å²) in [4.78, 5) is 0. The SMILES string of the molecule is Oc1cc2cccc(O)c2cc1Br. The Morgan fingerprint density at radius 2 is 1.77 bits per heavy atom. The molecule has 2 rings (SSSR count). The van der Waals surface area contributed by atoms with Gasteiger partial charge in [0.2, 0.25) is 0 Å². The normalized spacial score (nSPS) is 10.5. The molecule has 0 radical (unpaired) electrons. The van der Waals surface area contributed by atoms with Crippen molar-refractivity contribution in [1.82, 2.24) is 0 Å². The largest absolute Gasteiger partial charge is 0.507 e. The summed E-state index contributed by atoms with van der Waals surface area (Å²) in [6.07, 6.45) is 0. The molecule has 3 heteroatoms. The van der Waals surface area contributed by atoms with Crippen molar-refractivity contribution < 1.29 is 10.2 Å². The number of fused-ring (bicyclic) bond motifs is 1. The number of phenolic OH excluding ortho intramolecular Hbond substituents is 2. The lowest BCUT2D eigenvalue weighted by atomic mass is 10.1. The fourth-order valence-corrected chi connectivity index (χ4v) is 1.61. The quantitative estimate of drug-likeness (QED) is 0.741. The smallest absolute Gasteiger partial charge is 0.130 e. The Kier molecular flexibility index (Phi) is 1.88. The van der Waals surface area contributed by atoms with E-state index in [2.05, 4.69) is 15.9 Å². The van der Waals surface area contributed by atoms with Gasteiger partial charge in [-0.05, 0) is 39.5 Å². The minimum absolute atomic E-state index is 0.179. The lowest BCUT2D eigenvalue weighted by molar-refractivity contribution is 0.472. The molecule has 0 aliphatic rings. The Bertz CT molecular complexity index is 466. The third kappa shape index (κ3) is 1.35. The van der Waals surface area contributed by atoms with Crippen LogP contribution in [0.25, 0.3) is 10.8 Å². The van der Waals surface area contributed by atoms with Crippen LogP contribution in [-0.4, -0.2) is 10.2 Å². The van der Waals surface area contributed by atoms with E-state index in [-0.39, 0.29) is 11.5 Å². The van der Waals surface area contributed by atoms with Crippen LogP contribution in [0.2, 0.25) is 0 Å². The fraction of sp³-hybridized carbons (Fsp3) is 0. The molecule has 2 aromatic carbocycles. The molecule has 0 saturated heterocycles. The van der Waals surface area contributed by atoms with Crippen molar-refractivity contribution in [2.45, 2.75) is 0 Å². The van der Waals surface area contributed by atoms with Gasteiger partial charge < -0.3 is 10.2 Å². The fourth-order valence-electron chi connectivity index (χ4n) is 1.27. The van der Waals surface area contributed by atoms with E-state index in [1.165, 1.54) is 0 Å². The summed E-state index contributed by atoms with van der Waals surface area (Å²) in [7, 11) is 0. The summed E-state index contributed by atoms with van der Waals surface area (Å²) in [5.41, 5.74) is 0. The molecule has 0 aliphatic heterocycles. The zero-order valence-electron chi connectivity index (χ0n) is 6.66. The second-order valence-corrected chi connectivity index (χ2v) is 3.66.